The molecular formula is C10H23N3. The maximum atomic E-state index is 5.75. The summed E-state index contributed by atoms with van der Waals surface area (Å²) in [6.07, 6.45) is 0. The molecule has 1 saturated heterocycles. The van der Waals surface area contributed by atoms with E-state index >= 15 is 0 Å². The molecule has 0 aliphatic carbocycles. The van der Waals surface area contributed by atoms with Gasteiger partial charge in [0.05, 0.1) is 0 Å². The molecule has 1 aliphatic heterocycles. The average molecular weight is 185 g/mol. The zero-order valence-electron chi connectivity index (χ0n) is 9.33. The van der Waals surface area contributed by atoms with Crippen molar-refractivity contribution in [1.29, 1.82) is 0 Å². The number of rotatable bonds is 2. The summed E-state index contributed by atoms with van der Waals surface area (Å²) in [5.74, 6) is 0. The van der Waals surface area contributed by atoms with Gasteiger partial charge in [0, 0.05) is 37.8 Å². The third kappa shape index (κ3) is 2.42. The van der Waals surface area contributed by atoms with Crippen LogP contribution in [0.1, 0.15) is 20.8 Å². The van der Waals surface area contributed by atoms with Crippen LogP contribution in [0.25, 0.3) is 0 Å². The van der Waals surface area contributed by atoms with Crippen molar-refractivity contribution in [2.75, 3.05) is 26.7 Å². The smallest absolute Gasteiger partial charge is 0.0346 e. The van der Waals surface area contributed by atoms with Crippen LogP contribution in [0.15, 0.2) is 0 Å². The van der Waals surface area contributed by atoms with Gasteiger partial charge < -0.3 is 5.73 Å². The topological polar surface area (TPSA) is 32.5 Å². The Bertz CT molecular complexity index is 158. The Morgan fingerprint density at radius 2 is 2.00 bits per heavy atom. The number of likely N-dealkylation sites (N-methyl/N-ethyl adjacent to an activating group) is 1. The molecule has 0 amide bonds. The molecule has 0 bridgehead atoms. The minimum absolute atomic E-state index is 0.533. The Kier molecular flexibility index (Phi) is 3.71. The van der Waals surface area contributed by atoms with E-state index in [0.717, 1.165) is 13.1 Å². The molecule has 2 unspecified atom stereocenters. The van der Waals surface area contributed by atoms with Crippen molar-refractivity contribution in [3.8, 4) is 0 Å². The van der Waals surface area contributed by atoms with E-state index in [-0.39, 0.29) is 0 Å². The first-order valence-corrected chi connectivity index (χ1v) is 5.22. The number of piperazine rings is 1. The first kappa shape index (κ1) is 11.0. The third-order valence-electron chi connectivity index (χ3n) is 3.22. The molecule has 2 atom stereocenters. The molecule has 3 nitrogen and oxygen atoms in total. The Morgan fingerprint density at radius 1 is 1.38 bits per heavy atom. The quantitative estimate of drug-likeness (QED) is 0.674. The molecular weight excluding hydrogens is 162 g/mol. The van der Waals surface area contributed by atoms with E-state index in [1.807, 2.05) is 0 Å². The second kappa shape index (κ2) is 4.40. The molecule has 0 aromatic carbocycles. The zero-order valence-corrected chi connectivity index (χ0v) is 9.33. The van der Waals surface area contributed by atoms with Crippen molar-refractivity contribution in [2.24, 2.45) is 5.73 Å². The molecule has 3 heteroatoms. The third-order valence-corrected chi connectivity index (χ3v) is 3.22. The van der Waals surface area contributed by atoms with Crippen molar-refractivity contribution in [2.45, 2.75) is 38.9 Å². The van der Waals surface area contributed by atoms with Gasteiger partial charge in [-0.15, -0.1) is 0 Å². The lowest BCUT2D eigenvalue weighted by Crippen LogP contribution is -2.59. The van der Waals surface area contributed by atoms with Crippen LogP contribution in [0.4, 0.5) is 0 Å². The largest absolute Gasteiger partial charge is 0.329 e. The summed E-state index contributed by atoms with van der Waals surface area (Å²) < 4.78 is 0. The fourth-order valence-electron chi connectivity index (χ4n) is 1.96. The van der Waals surface area contributed by atoms with Gasteiger partial charge >= 0.3 is 0 Å². The van der Waals surface area contributed by atoms with Gasteiger partial charge in [0.15, 0.2) is 0 Å². The molecule has 0 spiro atoms. The van der Waals surface area contributed by atoms with E-state index in [2.05, 4.69) is 37.6 Å². The molecule has 0 radical (unpaired) electrons. The van der Waals surface area contributed by atoms with Gasteiger partial charge in [0.1, 0.15) is 0 Å². The number of nitrogens with zero attached hydrogens (tertiary/aromatic N) is 2. The summed E-state index contributed by atoms with van der Waals surface area (Å²) in [7, 11) is 2.18. The highest BCUT2D eigenvalue weighted by Crippen LogP contribution is 2.14. The molecule has 13 heavy (non-hydrogen) atoms. The lowest BCUT2D eigenvalue weighted by Gasteiger charge is -2.45. The van der Waals surface area contributed by atoms with E-state index < -0.39 is 0 Å². The van der Waals surface area contributed by atoms with Gasteiger partial charge in [-0.25, -0.2) is 0 Å². The van der Waals surface area contributed by atoms with Crippen LogP contribution < -0.4 is 5.73 Å². The van der Waals surface area contributed by atoms with E-state index in [9.17, 15) is 0 Å². The van der Waals surface area contributed by atoms with Crippen LogP contribution in [-0.2, 0) is 0 Å². The van der Waals surface area contributed by atoms with Crippen molar-refractivity contribution in [3.63, 3.8) is 0 Å². The first-order chi connectivity index (χ1) is 6.06. The summed E-state index contributed by atoms with van der Waals surface area (Å²) in [6.45, 7) is 9.85. The Morgan fingerprint density at radius 3 is 2.46 bits per heavy atom. The van der Waals surface area contributed by atoms with Crippen molar-refractivity contribution in [3.05, 3.63) is 0 Å². The standard InChI is InChI=1S/C10H23N3/c1-8(2)13-6-9(3)12(4)10(5-11)7-13/h8-10H,5-7,11H2,1-4H3. The minimum atomic E-state index is 0.533. The highest BCUT2D eigenvalue weighted by atomic mass is 15.3. The van der Waals surface area contributed by atoms with E-state index in [1.165, 1.54) is 6.54 Å². The number of hydrogen-bond donors (Lipinski definition) is 1. The average Bonchev–Trinajstić information content (AvgIpc) is 2.09. The van der Waals surface area contributed by atoms with E-state index in [4.69, 9.17) is 5.73 Å². The van der Waals surface area contributed by atoms with Gasteiger partial charge in [-0.1, -0.05) is 0 Å². The van der Waals surface area contributed by atoms with E-state index in [1.54, 1.807) is 0 Å². The normalized spacial score (nSPS) is 32.8. The lowest BCUT2D eigenvalue weighted by atomic mass is 10.1. The van der Waals surface area contributed by atoms with Crippen LogP contribution in [0, 0.1) is 0 Å². The maximum absolute atomic E-state index is 5.75. The first-order valence-electron chi connectivity index (χ1n) is 5.22. The SMILES string of the molecule is CC(C)N1CC(C)N(C)C(CN)C1. The van der Waals surface area contributed by atoms with Crippen LogP contribution in [0.5, 0.6) is 0 Å². The number of nitrogens with two attached hydrogens (primary N) is 1. The molecule has 0 saturated carbocycles. The predicted octanol–water partition coefficient (Wildman–Crippen LogP) is 0.358. The van der Waals surface area contributed by atoms with E-state index in [0.29, 0.717) is 18.1 Å². The summed E-state index contributed by atoms with van der Waals surface area (Å²) in [5.41, 5.74) is 5.75. The molecule has 1 aliphatic rings. The predicted molar refractivity (Wildman–Crippen MR) is 56.8 cm³/mol. The molecule has 1 rings (SSSR count). The van der Waals surface area contributed by atoms with Crippen LogP contribution in [0.2, 0.25) is 0 Å². The van der Waals surface area contributed by atoms with Gasteiger partial charge in [0.25, 0.3) is 0 Å². The Balaban J connectivity index is 2.58. The van der Waals surface area contributed by atoms with Gasteiger partial charge in [-0.3, -0.25) is 9.80 Å². The second-order valence-electron chi connectivity index (χ2n) is 4.45. The monoisotopic (exact) mass is 185 g/mol. The Labute approximate surface area is 81.9 Å². The summed E-state index contributed by atoms with van der Waals surface area (Å²) in [5, 5.41) is 0. The molecule has 78 valence electrons. The lowest BCUT2D eigenvalue weighted by molar-refractivity contribution is 0.0383. The fourth-order valence-corrected chi connectivity index (χ4v) is 1.96. The molecule has 0 aromatic rings. The molecule has 1 fully saturated rings. The van der Waals surface area contributed by atoms with Crippen molar-refractivity contribution in [1.82, 2.24) is 9.80 Å². The summed E-state index contributed by atoms with van der Waals surface area (Å²) in [4.78, 5) is 4.92. The van der Waals surface area contributed by atoms with Crippen molar-refractivity contribution >= 4 is 0 Å². The zero-order chi connectivity index (χ0) is 10.0. The van der Waals surface area contributed by atoms with Gasteiger partial charge in [-0.2, -0.15) is 0 Å². The number of hydrogen-bond acceptors (Lipinski definition) is 3. The fraction of sp³-hybridized carbons (Fsp3) is 1.00. The van der Waals surface area contributed by atoms with Crippen LogP contribution in [-0.4, -0.2) is 54.6 Å². The van der Waals surface area contributed by atoms with Crippen LogP contribution >= 0.6 is 0 Å². The molecule has 1 heterocycles. The summed E-state index contributed by atoms with van der Waals surface area (Å²) >= 11 is 0. The van der Waals surface area contributed by atoms with Crippen molar-refractivity contribution < 1.29 is 0 Å². The maximum Gasteiger partial charge on any atom is 0.0346 e. The van der Waals surface area contributed by atoms with Gasteiger partial charge in [-0.05, 0) is 27.8 Å². The highest BCUT2D eigenvalue weighted by Gasteiger charge is 2.29. The highest BCUT2D eigenvalue weighted by molar-refractivity contribution is 4.86. The minimum Gasteiger partial charge on any atom is -0.329 e. The van der Waals surface area contributed by atoms with Crippen LogP contribution in [0.3, 0.4) is 0 Å². The molecule has 0 aromatic heterocycles. The Hall–Kier alpha value is -0.120. The summed E-state index contributed by atoms with van der Waals surface area (Å²) in [6, 6.07) is 1.81. The second-order valence-corrected chi connectivity index (χ2v) is 4.45. The van der Waals surface area contributed by atoms with Gasteiger partial charge in [0.2, 0.25) is 0 Å². The molecule has 2 N–H and O–H groups in total.